The molecule has 1 unspecified atom stereocenters. The molecule has 0 spiro atoms. The summed E-state index contributed by atoms with van der Waals surface area (Å²) in [7, 11) is 2.20. The predicted molar refractivity (Wildman–Crippen MR) is 74.9 cm³/mol. The first-order chi connectivity index (χ1) is 8.70. The Kier molecular flexibility index (Phi) is 4.36. The van der Waals surface area contributed by atoms with Crippen LogP contribution in [0, 0.1) is 0 Å². The number of aromatic nitrogens is 2. The van der Waals surface area contributed by atoms with Gasteiger partial charge in [-0.05, 0) is 39.8 Å². The number of nitrogens with zero attached hydrogens (tertiary/aromatic N) is 3. The number of rotatable bonds is 7. The molecule has 0 amide bonds. The molecule has 5 heteroatoms. The van der Waals surface area contributed by atoms with Crippen LogP contribution >= 0.6 is 0 Å². The highest BCUT2D eigenvalue weighted by atomic mass is 15.2. The number of likely N-dealkylation sites (N-methyl/N-ethyl adjacent to an activating group) is 1. The van der Waals surface area contributed by atoms with Gasteiger partial charge in [-0.2, -0.15) is 4.98 Å². The van der Waals surface area contributed by atoms with Crippen LogP contribution in [0.25, 0.3) is 0 Å². The molecule has 1 aromatic rings. The molecule has 18 heavy (non-hydrogen) atoms. The summed E-state index contributed by atoms with van der Waals surface area (Å²) in [5.74, 6) is 1.57. The molecule has 1 aliphatic rings. The van der Waals surface area contributed by atoms with E-state index in [-0.39, 0.29) is 0 Å². The van der Waals surface area contributed by atoms with Crippen molar-refractivity contribution in [3.05, 3.63) is 12.3 Å². The molecule has 5 nitrogen and oxygen atoms in total. The Balaban J connectivity index is 1.83. The van der Waals surface area contributed by atoms with Crippen molar-refractivity contribution in [2.24, 2.45) is 0 Å². The maximum absolute atomic E-state index is 4.40. The third-order valence-electron chi connectivity index (χ3n) is 3.39. The summed E-state index contributed by atoms with van der Waals surface area (Å²) in [6.07, 6.45) is 4.47. The van der Waals surface area contributed by atoms with Crippen molar-refractivity contribution < 1.29 is 0 Å². The van der Waals surface area contributed by atoms with E-state index >= 15 is 0 Å². The average molecular weight is 249 g/mol. The first-order valence-corrected chi connectivity index (χ1v) is 6.73. The zero-order valence-corrected chi connectivity index (χ0v) is 11.5. The quantitative estimate of drug-likeness (QED) is 0.772. The van der Waals surface area contributed by atoms with Gasteiger partial charge >= 0.3 is 0 Å². The van der Waals surface area contributed by atoms with Crippen molar-refractivity contribution in [3.8, 4) is 0 Å². The lowest BCUT2D eigenvalue weighted by Gasteiger charge is -2.24. The Bertz CT molecular complexity index is 377. The second kappa shape index (κ2) is 6.00. The van der Waals surface area contributed by atoms with E-state index in [4.69, 9.17) is 0 Å². The number of hydrogen-bond acceptors (Lipinski definition) is 5. The summed E-state index contributed by atoms with van der Waals surface area (Å²) in [5, 5.41) is 6.49. The van der Waals surface area contributed by atoms with Gasteiger partial charge in [0.1, 0.15) is 5.82 Å². The van der Waals surface area contributed by atoms with Crippen LogP contribution in [0.1, 0.15) is 26.7 Å². The van der Waals surface area contributed by atoms with Crippen LogP contribution in [-0.2, 0) is 0 Å². The summed E-state index contributed by atoms with van der Waals surface area (Å²) in [4.78, 5) is 11.0. The highest BCUT2D eigenvalue weighted by Crippen LogP contribution is 2.26. The van der Waals surface area contributed by atoms with Crippen LogP contribution in [0.5, 0.6) is 0 Å². The van der Waals surface area contributed by atoms with E-state index in [1.165, 1.54) is 12.8 Å². The van der Waals surface area contributed by atoms with Crippen molar-refractivity contribution in [3.63, 3.8) is 0 Å². The van der Waals surface area contributed by atoms with Crippen LogP contribution in [0.3, 0.4) is 0 Å². The predicted octanol–water partition coefficient (Wildman–Crippen LogP) is 1.80. The maximum Gasteiger partial charge on any atom is 0.224 e. The molecule has 1 saturated carbocycles. The second-order valence-electron chi connectivity index (χ2n) is 4.92. The number of hydrogen-bond donors (Lipinski definition) is 2. The van der Waals surface area contributed by atoms with E-state index in [1.54, 1.807) is 6.20 Å². The number of nitrogens with one attached hydrogen (secondary N) is 2. The summed E-state index contributed by atoms with van der Waals surface area (Å²) >= 11 is 0. The summed E-state index contributed by atoms with van der Waals surface area (Å²) in [5.41, 5.74) is 0. The normalized spacial score (nSPS) is 16.7. The first-order valence-electron chi connectivity index (χ1n) is 6.73. The summed E-state index contributed by atoms with van der Waals surface area (Å²) in [6.45, 7) is 6.04. The molecule has 1 fully saturated rings. The van der Waals surface area contributed by atoms with E-state index in [0.717, 1.165) is 24.9 Å². The molecule has 0 saturated heterocycles. The van der Waals surface area contributed by atoms with Gasteiger partial charge in [0.2, 0.25) is 5.95 Å². The van der Waals surface area contributed by atoms with E-state index in [0.29, 0.717) is 12.0 Å². The zero-order chi connectivity index (χ0) is 13.0. The van der Waals surface area contributed by atoms with Gasteiger partial charge in [0.05, 0.1) is 0 Å². The van der Waals surface area contributed by atoms with Crippen molar-refractivity contribution in [1.29, 1.82) is 0 Å². The van der Waals surface area contributed by atoms with E-state index in [9.17, 15) is 0 Å². The molecule has 1 atom stereocenters. The molecule has 1 aliphatic carbocycles. The highest BCUT2D eigenvalue weighted by Gasteiger charge is 2.28. The van der Waals surface area contributed by atoms with Gasteiger partial charge in [-0.15, -0.1) is 0 Å². The monoisotopic (exact) mass is 249 g/mol. The van der Waals surface area contributed by atoms with Gasteiger partial charge in [-0.3, -0.25) is 4.90 Å². The Morgan fingerprint density at radius 1 is 1.44 bits per heavy atom. The van der Waals surface area contributed by atoms with Crippen LogP contribution in [-0.4, -0.2) is 47.1 Å². The Morgan fingerprint density at radius 3 is 2.89 bits per heavy atom. The van der Waals surface area contributed by atoms with Crippen molar-refractivity contribution >= 4 is 11.8 Å². The van der Waals surface area contributed by atoms with Crippen molar-refractivity contribution in [1.82, 2.24) is 14.9 Å². The second-order valence-corrected chi connectivity index (χ2v) is 4.92. The van der Waals surface area contributed by atoms with E-state index in [2.05, 4.69) is 39.5 Å². The van der Waals surface area contributed by atoms with Gasteiger partial charge in [0.15, 0.2) is 0 Å². The van der Waals surface area contributed by atoms with Crippen LogP contribution in [0.2, 0.25) is 0 Å². The molecule has 0 aromatic carbocycles. The topological polar surface area (TPSA) is 53.1 Å². The minimum absolute atomic E-state index is 0.523. The SMILES string of the molecule is CCNc1nccc(NCC(C)N(C)C2CC2)n1. The van der Waals surface area contributed by atoms with Gasteiger partial charge < -0.3 is 10.6 Å². The summed E-state index contributed by atoms with van der Waals surface area (Å²) in [6, 6.07) is 3.23. The average Bonchev–Trinajstić information content (AvgIpc) is 3.20. The minimum atomic E-state index is 0.523. The van der Waals surface area contributed by atoms with E-state index in [1.807, 2.05) is 13.0 Å². The minimum Gasteiger partial charge on any atom is -0.368 e. The van der Waals surface area contributed by atoms with Gasteiger partial charge in [0.25, 0.3) is 0 Å². The largest absolute Gasteiger partial charge is 0.368 e. The lowest BCUT2D eigenvalue weighted by Crippen LogP contribution is -2.36. The van der Waals surface area contributed by atoms with E-state index < -0.39 is 0 Å². The standard InChI is InChI=1S/C13H23N5/c1-4-14-13-15-8-7-12(17-13)16-9-10(2)18(3)11-5-6-11/h7-8,10-11H,4-6,9H2,1-3H3,(H2,14,15,16,17). The van der Waals surface area contributed by atoms with Crippen LogP contribution in [0.4, 0.5) is 11.8 Å². The molecule has 2 N–H and O–H groups in total. The van der Waals surface area contributed by atoms with Gasteiger partial charge in [-0.1, -0.05) is 0 Å². The molecule has 2 rings (SSSR count). The highest BCUT2D eigenvalue weighted by molar-refractivity contribution is 5.39. The third kappa shape index (κ3) is 3.57. The zero-order valence-electron chi connectivity index (χ0n) is 11.5. The Labute approximate surface area is 109 Å². The lowest BCUT2D eigenvalue weighted by atomic mass is 10.3. The number of anilines is 2. The molecular weight excluding hydrogens is 226 g/mol. The maximum atomic E-state index is 4.40. The fraction of sp³-hybridized carbons (Fsp3) is 0.692. The molecule has 0 radical (unpaired) electrons. The third-order valence-corrected chi connectivity index (χ3v) is 3.39. The summed E-state index contributed by atoms with van der Waals surface area (Å²) < 4.78 is 0. The molecule has 100 valence electrons. The molecule has 1 heterocycles. The van der Waals surface area contributed by atoms with Crippen molar-refractivity contribution in [2.75, 3.05) is 30.8 Å². The Hall–Kier alpha value is -1.36. The van der Waals surface area contributed by atoms with Gasteiger partial charge in [0, 0.05) is 31.4 Å². The molecule has 0 bridgehead atoms. The molecular formula is C13H23N5. The van der Waals surface area contributed by atoms with Crippen LogP contribution in [0.15, 0.2) is 12.3 Å². The lowest BCUT2D eigenvalue weighted by molar-refractivity contribution is 0.257. The fourth-order valence-electron chi connectivity index (χ4n) is 1.94. The smallest absolute Gasteiger partial charge is 0.224 e. The Morgan fingerprint density at radius 2 is 2.22 bits per heavy atom. The van der Waals surface area contributed by atoms with Gasteiger partial charge in [-0.25, -0.2) is 4.98 Å². The van der Waals surface area contributed by atoms with Crippen molar-refractivity contribution in [2.45, 2.75) is 38.8 Å². The fourth-order valence-corrected chi connectivity index (χ4v) is 1.94. The van der Waals surface area contributed by atoms with Crippen LogP contribution < -0.4 is 10.6 Å². The first kappa shape index (κ1) is 13.1. The molecule has 1 aromatic heterocycles. The molecule has 0 aliphatic heterocycles.